The topological polar surface area (TPSA) is 23.6 Å². The first-order valence-electron chi connectivity index (χ1n) is 6.86. The summed E-state index contributed by atoms with van der Waals surface area (Å²) in [5.74, 6) is 1.53. The van der Waals surface area contributed by atoms with Crippen LogP contribution in [0.1, 0.15) is 26.7 Å². The van der Waals surface area contributed by atoms with E-state index in [4.69, 9.17) is 0 Å². The number of hydrogen-bond donors (Lipinski definition) is 0. The molecule has 0 radical (unpaired) electrons. The molecule has 0 aromatic heterocycles. The van der Waals surface area contributed by atoms with Gasteiger partial charge in [0.05, 0.1) is 0 Å². The molecule has 0 amide bonds. The van der Waals surface area contributed by atoms with Crippen LogP contribution in [0, 0.1) is 5.92 Å². The summed E-state index contributed by atoms with van der Waals surface area (Å²) in [7, 11) is -0.657. The fraction of sp³-hybridized carbons (Fsp3) is 1.00. The first-order valence-corrected chi connectivity index (χ1v) is 8.58. The maximum absolute atomic E-state index is 11.3. The van der Waals surface area contributed by atoms with Crippen molar-refractivity contribution in [1.29, 1.82) is 0 Å². The van der Waals surface area contributed by atoms with E-state index in [-0.39, 0.29) is 0 Å². The average molecular weight is 258 g/mol. The molecule has 3 nitrogen and oxygen atoms in total. The molecule has 0 aromatic carbocycles. The minimum atomic E-state index is -0.657. The van der Waals surface area contributed by atoms with E-state index in [1.54, 1.807) is 0 Å². The Labute approximate surface area is 108 Å². The largest absolute Gasteiger partial charge is 0.298 e. The Bertz CT molecular complexity index is 283. The monoisotopic (exact) mass is 258 g/mol. The lowest BCUT2D eigenvalue weighted by atomic mass is 9.97. The summed E-state index contributed by atoms with van der Waals surface area (Å²) < 4.78 is 11.3. The lowest BCUT2D eigenvalue weighted by Crippen LogP contribution is -2.58. The Balaban J connectivity index is 1.97. The molecule has 0 aromatic rings. The van der Waals surface area contributed by atoms with E-state index in [9.17, 15) is 4.21 Å². The molecule has 0 saturated carbocycles. The van der Waals surface area contributed by atoms with Crippen LogP contribution in [0.2, 0.25) is 0 Å². The number of nitrogens with zero attached hydrogens (tertiary/aromatic N) is 2. The summed E-state index contributed by atoms with van der Waals surface area (Å²) in [5.41, 5.74) is 0. The summed E-state index contributed by atoms with van der Waals surface area (Å²) in [6.07, 6.45) is 4.54. The molecule has 17 heavy (non-hydrogen) atoms. The third-order valence-electron chi connectivity index (χ3n) is 4.27. The molecule has 2 heterocycles. The van der Waals surface area contributed by atoms with E-state index in [0.29, 0.717) is 12.0 Å². The first-order chi connectivity index (χ1) is 8.08. The average Bonchev–Trinajstić information content (AvgIpc) is 2.71. The van der Waals surface area contributed by atoms with Gasteiger partial charge >= 0.3 is 0 Å². The predicted octanol–water partition coefficient (Wildman–Crippen LogP) is 1.17. The Hall–Kier alpha value is 0.0700. The molecule has 4 heteroatoms. The number of rotatable bonds is 4. The van der Waals surface area contributed by atoms with Gasteiger partial charge in [0, 0.05) is 54.5 Å². The van der Waals surface area contributed by atoms with E-state index in [1.807, 2.05) is 6.26 Å². The summed E-state index contributed by atoms with van der Waals surface area (Å²) >= 11 is 0. The van der Waals surface area contributed by atoms with E-state index in [0.717, 1.165) is 18.3 Å². The Kier molecular flexibility index (Phi) is 4.61. The second-order valence-corrected chi connectivity index (χ2v) is 7.43. The molecule has 2 fully saturated rings. The number of fused-ring (bicyclic) bond motifs is 1. The molecular formula is C13H26N2OS. The molecule has 0 aliphatic carbocycles. The molecule has 2 rings (SSSR count). The van der Waals surface area contributed by atoms with Crippen LogP contribution < -0.4 is 0 Å². The lowest BCUT2D eigenvalue weighted by molar-refractivity contribution is 0.0338. The summed E-state index contributed by atoms with van der Waals surface area (Å²) in [6.45, 7) is 9.35. The molecule has 2 saturated heterocycles. The highest BCUT2D eigenvalue weighted by molar-refractivity contribution is 7.84. The van der Waals surface area contributed by atoms with Crippen molar-refractivity contribution in [1.82, 2.24) is 9.80 Å². The summed E-state index contributed by atoms with van der Waals surface area (Å²) in [5, 5.41) is 0. The molecule has 3 atom stereocenters. The molecule has 100 valence electrons. The van der Waals surface area contributed by atoms with Crippen molar-refractivity contribution >= 4 is 10.8 Å². The van der Waals surface area contributed by atoms with Crippen molar-refractivity contribution in [3.8, 4) is 0 Å². The van der Waals surface area contributed by atoms with E-state index in [2.05, 4.69) is 23.6 Å². The highest BCUT2D eigenvalue weighted by atomic mass is 32.2. The van der Waals surface area contributed by atoms with Gasteiger partial charge in [-0.15, -0.1) is 0 Å². The van der Waals surface area contributed by atoms with Crippen molar-refractivity contribution in [3.63, 3.8) is 0 Å². The normalized spacial score (nSPS) is 32.9. The Morgan fingerprint density at radius 1 is 1.35 bits per heavy atom. The second-order valence-electron chi connectivity index (χ2n) is 5.87. The van der Waals surface area contributed by atoms with Crippen LogP contribution in [-0.4, -0.2) is 64.3 Å². The molecule has 0 spiro atoms. The van der Waals surface area contributed by atoms with Gasteiger partial charge in [-0.25, -0.2) is 0 Å². The van der Waals surface area contributed by atoms with E-state index in [1.165, 1.54) is 32.5 Å². The van der Waals surface area contributed by atoms with Gasteiger partial charge in [0.2, 0.25) is 0 Å². The quantitative estimate of drug-likeness (QED) is 0.756. The number of hydrogen-bond acceptors (Lipinski definition) is 3. The first kappa shape index (κ1) is 13.5. The minimum Gasteiger partial charge on any atom is -0.298 e. The molecule has 3 unspecified atom stereocenters. The molecular weight excluding hydrogens is 232 g/mol. The smallest absolute Gasteiger partial charge is 0.0359 e. The van der Waals surface area contributed by atoms with Crippen molar-refractivity contribution in [2.75, 3.05) is 38.2 Å². The zero-order valence-corrected chi connectivity index (χ0v) is 12.2. The van der Waals surface area contributed by atoms with Crippen LogP contribution in [0.5, 0.6) is 0 Å². The SMILES string of the molecule is CC(C)C1CN2CCCC2CN1CCS(C)=O. The molecule has 0 N–H and O–H groups in total. The van der Waals surface area contributed by atoms with Gasteiger partial charge in [-0.05, 0) is 25.3 Å². The summed E-state index contributed by atoms with van der Waals surface area (Å²) in [6, 6.07) is 1.43. The van der Waals surface area contributed by atoms with Crippen LogP contribution in [0.25, 0.3) is 0 Å². The van der Waals surface area contributed by atoms with Crippen LogP contribution in [0.15, 0.2) is 0 Å². The molecule has 2 aliphatic heterocycles. The van der Waals surface area contributed by atoms with Crippen LogP contribution in [0.3, 0.4) is 0 Å². The van der Waals surface area contributed by atoms with Crippen LogP contribution >= 0.6 is 0 Å². The fourth-order valence-corrected chi connectivity index (χ4v) is 3.73. The van der Waals surface area contributed by atoms with Gasteiger partial charge in [-0.3, -0.25) is 14.0 Å². The van der Waals surface area contributed by atoms with Crippen molar-refractivity contribution in [3.05, 3.63) is 0 Å². The van der Waals surface area contributed by atoms with Crippen LogP contribution in [-0.2, 0) is 10.8 Å². The zero-order chi connectivity index (χ0) is 12.4. The van der Waals surface area contributed by atoms with Crippen molar-refractivity contribution in [2.24, 2.45) is 5.92 Å². The van der Waals surface area contributed by atoms with E-state index >= 15 is 0 Å². The lowest BCUT2D eigenvalue weighted by Gasteiger charge is -2.45. The van der Waals surface area contributed by atoms with Gasteiger partial charge < -0.3 is 0 Å². The van der Waals surface area contributed by atoms with Crippen molar-refractivity contribution < 1.29 is 4.21 Å². The third kappa shape index (κ3) is 3.30. The maximum atomic E-state index is 11.3. The molecule has 2 aliphatic rings. The van der Waals surface area contributed by atoms with Crippen molar-refractivity contribution in [2.45, 2.75) is 38.8 Å². The standard InChI is InChI=1S/C13H26N2OS/c1-11(2)13-10-14-6-4-5-12(14)9-15(13)7-8-17(3)16/h11-13H,4-10H2,1-3H3. The van der Waals surface area contributed by atoms with Gasteiger partial charge in [-0.2, -0.15) is 0 Å². The Morgan fingerprint density at radius 2 is 2.12 bits per heavy atom. The minimum absolute atomic E-state index is 0.657. The second kappa shape index (κ2) is 5.81. The number of piperazine rings is 1. The van der Waals surface area contributed by atoms with Crippen LogP contribution in [0.4, 0.5) is 0 Å². The van der Waals surface area contributed by atoms with Gasteiger partial charge in [-0.1, -0.05) is 13.8 Å². The van der Waals surface area contributed by atoms with Gasteiger partial charge in [0.25, 0.3) is 0 Å². The van der Waals surface area contributed by atoms with E-state index < -0.39 is 10.8 Å². The fourth-order valence-electron chi connectivity index (χ4n) is 3.24. The zero-order valence-electron chi connectivity index (χ0n) is 11.4. The predicted molar refractivity (Wildman–Crippen MR) is 73.7 cm³/mol. The highest BCUT2D eigenvalue weighted by Crippen LogP contribution is 2.27. The Morgan fingerprint density at radius 3 is 2.76 bits per heavy atom. The van der Waals surface area contributed by atoms with Gasteiger partial charge in [0.1, 0.15) is 0 Å². The third-order valence-corrected chi connectivity index (χ3v) is 5.03. The maximum Gasteiger partial charge on any atom is 0.0359 e. The van der Waals surface area contributed by atoms with Gasteiger partial charge in [0.15, 0.2) is 0 Å². The molecule has 0 bridgehead atoms. The summed E-state index contributed by atoms with van der Waals surface area (Å²) in [4.78, 5) is 5.27. The highest BCUT2D eigenvalue weighted by Gasteiger charge is 2.37.